The molecule has 5 nitrogen and oxygen atoms in total. The minimum Gasteiger partial charge on any atom is -0.462 e. The Hall–Kier alpha value is -2.61. The monoisotopic (exact) mass is 444 g/mol. The van der Waals surface area contributed by atoms with Crippen LogP contribution in [0.15, 0.2) is 47.2 Å². The number of ether oxygens (including phenoxy) is 1. The summed E-state index contributed by atoms with van der Waals surface area (Å²) in [6.45, 7) is 2.00. The summed E-state index contributed by atoms with van der Waals surface area (Å²) in [5, 5.41) is 7.80. The fourth-order valence-electron chi connectivity index (χ4n) is 3.13. The van der Waals surface area contributed by atoms with Crippen molar-refractivity contribution in [3.63, 3.8) is 0 Å². The van der Waals surface area contributed by atoms with Crippen LogP contribution in [0.4, 0.5) is 5.00 Å². The molecule has 0 saturated carbocycles. The normalized spacial score (nSPS) is 11.0. The Morgan fingerprint density at radius 2 is 1.93 bits per heavy atom. The molecule has 4 aromatic rings. The first-order valence-corrected chi connectivity index (χ1v) is 11.0. The number of nitrogens with zero attached hydrogens (tertiary/aromatic N) is 1. The summed E-state index contributed by atoms with van der Waals surface area (Å²) in [6.07, 6.45) is 0. The van der Waals surface area contributed by atoms with E-state index in [0.29, 0.717) is 26.8 Å². The van der Waals surface area contributed by atoms with Gasteiger partial charge in [0, 0.05) is 23.0 Å². The number of esters is 1. The first kappa shape index (κ1) is 19.7. The van der Waals surface area contributed by atoms with Crippen LogP contribution in [0.1, 0.15) is 27.8 Å². The summed E-state index contributed by atoms with van der Waals surface area (Å²) in [4.78, 5) is 25.6. The maximum Gasteiger partial charge on any atom is 0.341 e. The number of anilines is 1. The largest absolute Gasteiger partial charge is 0.462 e. The van der Waals surface area contributed by atoms with Crippen LogP contribution < -0.4 is 5.32 Å². The van der Waals surface area contributed by atoms with Gasteiger partial charge >= 0.3 is 5.97 Å². The van der Waals surface area contributed by atoms with Crippen LogP contribution in [0.25, 0.3) is 21.3 Å². The average Bonchev–Trinajstić information content (AvgIpc) is 3.39. The second kappa shape index (κ2) is 8.02. The number of thiophene rings is 2. The van der Waals surface area contributed by atoms with Gasteiger partial charge in [0.15, 0.2) is 0 Å². The molecule has 3 aromatic heterocycles. The van der Waals surface area contributed by atoms with Gasteiger partial charge in [-0.2, -0.15) is 0 Å². The number of rotatable bonds is 5. The number of benzene rings is 1. The second-order valence-electron chi connectivity index (χ2n) is 6.29. The van der Waals surface area contributed by atoms with Gasteiger partial charge in [-0.25, -0.2) is 4.79 Å². The molecule has 0 aliphatic heterocycles. The number of hydrogen-bond donors (Lipinski definition) is 1. The van der Waals surface area contributed by atoms with Gasteiger partial charge in [-0.05, 0) is 42.1 Å². The summed E-state index contributed by atoms with van der Waals surface area (Å²) in [7, 11) is 1.85. The van der Waals surface area contributed by atoms with Gasteiger partial charge in [-0.15, -0.1) is 22.7 Å². The molecule has 1 aromatic carbocycles. The second-order valence-corrected chi connectivity index (χ2v) is 8.56. The summed E-state index contributed by atoms with van der Waals surface area (Å²) >= 11 is 8.86. The van der Waals surface area contributed by atoms with Crippen LogP contribution in [-0.2, 0) is 11.8 Å². The number of aromatic nitrogens is 1. The Balaban J connectivity index is 1.72. The molecule has 1 amide bonds. The molecule has 29 heavy (non-hydrogen) atoms. The van der Waals surface area contributed by atoms with Crippen molar-refractivity contribution in [2.75, 3.05) is 11.9 Å². The molecule has 148 valence electrons. The average molecular weight is 445 g/mol. The lowest BCUT2D eigenvalue weighted by molar-refractivity contribution is 0.0529. The maximum atomic E-state index is 12.9. The lowest BCUT2D eigenvalue weighted by Gasteiger charge is -2.09. The van der Waals surface area contributed by atoms with Gasteiger partial charge in [0.05, 0.1) is 16.8 Å². The van der Waals surface area contributed by atoms with Crippen molar-refractivity contribution in [1.29, 1.82) is 0 Å². The van der Waals surface area contributed by atoms with Gasteiger partial charge in [0.1, 0.15) is 16.3 Å². The molecule has 4 rings (SSSR count). The lowest BCUT2D eigenvalue weighted by atomic mass is 10.0. The number of amides is 1. The molecule has 3 heterocycles. The van der Waals surface area contributed by atoms with E-state index in [1.54, 1.807) is 30.4 Å². The van der Waals surface area contributed by atoms with Crippen molar-refractivity contribution in [1.82, 2.24) is 4.57 Å². The molecule has 1 N–H and O–H groups in total. The van der Waals surface area contributed by atoms with E-state index in [1.165, 1.54) is 11.3 Å². The number of nitrogens with one attached hydrogen (secondary N) is 1. The summed E-state index contributed by atoms with van der Waals surface area (Å²) in [5.74, 6) is -0.743. The number of hydrogen-bond acceptors (Lipinski definition) is 5. The molecule has 0 unspecified atom stereocenters. The van der Waals surface area contributed by atoms with E-state index in [4.69, 9.17) is 16.3 Å². The van der Waals surface area contributed by atoms with Crippen LogP contribution >= 0.6 is 34.3 Å². The fourth-order valence-corrected chi connectivity index (χ4v) is 5.06. The molecular weight excluding hydrogens is 428 g/mol. The lowest BCUT2D eigenvalue weighted by Crippen LogP contribution is -2.17. The molecule has 0 atom stereocenters. The van der Waals surface area contributed by atoms with E-state index in [1.807, 2.05) is 46.6 Å². The fraction of sp³-hybridized carbons (Fsp3) is 0.143. The van der Waals surface area contributed by atoms with E-state index in [2.05, 4.69) is 5.32 Å². The zero-order valence-electron chi connectivity index (χ0n) is 15.7. The highest BCUT2D eigenvalue weighted by molar-refractivity contribution is 7.17. The molecule has 0 aliphatic rings. The SMILES string of the molecule is CCOC(=O)c1c(-c2ccc(Cl)cc2)csc1NC(=O)c1cc2sccc2n1C. The zero-order chi connectivity index (χ0) is 20.5. The van der Waals surface area contributed by atoms with Crippen LogP contribution in [-0.4, -0.2) is 23.1 Å². The number of halogens is 1. The van der Waals surface area contributed by atoms with Crippen LogP contribution in [0.5, 0.6) is 0 Å². The molecule has 0 aliphatic carbocycles. The van der Waals surface area contributed by atoms with Crippen molar-refractivity contribution >= 4 is 61.4 Å². The molecule has 0 bridgehead atoms. The highest BCUT2D eigenvalue weighted by Gasteiger charge is 2.24. The van der Waals surface area contributed by atoms with Gasteiger partial charge in [-0.1, -0.05) is 23.7 Å². The van der Waals surface area contributed by atoms with Gasteiger partial charge < -0.3 is 14.6 Å². The van der Waals surface area contributed by atoms with Crippen LogP contribution in [0, 0.1) is 0 Å². The third-order valence-electron chi connectivity index (χ3n) is 4.55. The zero-order valence-corrected chi connectivity index (χ0v) is 18.1. The Morgan fingerprint density at radius 3 is 2.62 bits per heavy atom. The summed E-state index contributed by atoms with van der Waals surface area (Å²) in [6, 6.07) is 11.0. The van der Waals surface area contributed by atoms with Crippen molar-refractivity contribution in [3.8, 4) is 11.1 Å². The Bertz CT molecular complexity index is 1200. The Labute approximate surface area is 180 Å². The van der Waals surface area contributed by atoms with Gasteiger partial charge in [-0.3, -0.25) is 4.79 Å². The minimum absolute atomic E-state index is 0.246. The van der Waals surface area contributed by atoms with E-state index in [9.17, 15) is 9.59 Å². The van der Waals surface area contributed by atoms with Crippen molar-refractivity contribution in [2.24, 2.45) is 7.05 Å². The number of carbonyl (C=O) groups is 2. The predicted octanol–water partition coefficient (Wildman–Crippen LogP) is 6.05. The first-order chi connectivity index (χ1) is 14.0. The van der Waals surface area contributed by atoms with E-state index in [0.717, 1.165) is 15.8 Å². The number of carbonyl (C=O) groups excluding carboxylic acids is 2. The van der Waals surface area contributed by atoms with Crippen molar-refractivity contribution in [2.45, 2.75) is 6.92 Å². The summed E-state index contributed by atoms with van der Waals surface area (Å²) < 4.78 is 8.13. The Morgan fingerprint density at radius 1 is 1.17 bits per heavy atom. The maximum absolute atomic E-state index is 12.9. The van der Waals surface area contributed by atoms with E-state index >= 15 is 0 Å². The molecule has 8 heteroatoms. The van der Waals surface area contributed by atoms with Gasteiger partial charge in [0.25, 0.3) is 5.91 Å². The van der Waals surface area contributed by atoms with E-state index < -0.39 is 5.97 Å². The van der Waals surface area contributed by atoms with E-state index in [-0.39, 0.29) is 12.5 Å². The van der Waals surface area contributed by atoms with Crippen molar-refractivity contribution < 1.29 is 14.3 Å². The topological polar surface area (TPSA) is 60.3 Å². The third kappa shape index (κ3) is 3.69. The predicted molar refractivity (Wildman–Crippen MR) is 119 cm³/mol. The number of fused-ring (bicyclic) bond motifs is 1. The van der Waals surface area contributed by atoms with Crippen LogP contribution in [0.2, 0.25) is 5.02 Å². The Kier molecular flexibility index (Phi) is 5.45. The highest BCUT2D eigenvalue weighted by atomic mass is 35.5. The first-order valence-electron chi connectivity index (χ1n) is 8.88. The minimum atomic E-state index is -0.470. The highest BCUT2D eigenvalue weighted by Crippen LogP contribution is 2.37. The molecular formula is C21H17ClN2O3S2. The smallest absolute Gasteiger partial charge is 0.341 e. The molecule has 0 radical (unpaired) electrons. The summed E-state index contributed by atoms with van der Waals surface area (Å²) in [5.41, 5.74) is 3.41. The quantitative estimate of drug-likeness (QED) is 0.381. The molecule has 0 fully saturated rings. The third-order valence-corrected chi connectivity index (χ3v) is 6.55. The molecule has 0 spiro atoms. The van der Waals surface area contributed by atoms with Crippen molar-refractivity contribution in [3.05, 3.63) is 63.4 Å². The van der Waals surface area contributed by atoms with Crippen LogP contribution in [0.3, 0.4) is 0 Å². The molecule has 0 saturated heterocycles. The number of aryl methyl sites for hydroxylation is 1. The standard InChI is InChI=1S/C21H17ClN2O3S2/c1-3-27-21(26)18-14(12-4-6-13(22)7-5-12)11-29-20(18)23-19(25)16-10-17-15(24(16)2)8-9-28-17/h4-11H,3H2,1-2H3,(H,23,25). The van der Waals surface area contributed by atoms with Gasteiger partial charge in [0.2, 0.25) is 0 Å².